The minimum absolute atomic E-state index is 1.14. The van der Waals surface area contributed by atoms with Crippen molar-refractivity contribution in [1.29, 1.82) is 0 Å². The molecule has 0 N–H and O–H groups in total. The quantitative estimate of drug-likeness (QED) is 0.177. The lowest BCUT2D eigenvalue weighted by Crippen LogP contribution is -2.09. The summed E-state index contributed by atoms with van der Waals surface area (Å²) in [6.07, 6.45) is 4.39. The molecule has 0 aromatic heterocycles. The van der Waals surface area contributed by atoms with Crippen molar-refractivity contribution in [3.05, 3.63) is 150 Å². The first-order valence-corrected chi connectivity index (χ1v) is 12.8. The summed E-state index contributed by atoms with van der Waals surface area (Å²) in [6.45, 7) is 4.27. The molecule has 1 heteroatoms. The van der Waals surface area contributed by atoms with Crippen LogP contribution in [0.25, 0.3) is 33.7 Å². The molecule has 6 aromatic rings. The summed E-state index contributed by atoms with van der Waals surface area (Å²) in [5, 5.41) is 5.12. The number of benzene rings is 6. The Labute approximate surface area is 218 Å². The number of nitrogens with zero attached hydrogens (tertiary/aromatic N) is 1. The van der Waals surface area contributed by atoms with Gasteiger partial charge in [0.2, 0.25) is 0 Å². The Hall–Kier alpha value is -4.62. The van der Waals surface area contributed by atoms with Gasteiger partial charge in [-0.25, -0.2) is 0 Å². The third kappa shape index (κ3) is 4.90. The van der Waals surface area contributed by atoms with E-state index >= 15 is 0 Å². The van der Waals surface area contributed by atoms with E-state index < -0.39 is 0 Å². The Kier molecular flexibility index (Phi) is 6.04. The summed E-state index contributed by atoms with van der Waals surface area (Å²) in [4.78, 5) is 2.29. The highest BCUT2D eigenvalue weighted by Crippen LogP contribution is 2.34. The Morgan fingerprint density at radius 3 is 1.62 bits per heavy atom. The van der Waals surface area contributed by atoms with Gasteiger partial charge in [0.25, 0.3) is 0 Å². The standard InChI is InChI=1S/C36H29N/c1-26-9-18-35(19-10-26)37(34-6-4-3-5-7-34)36-20-14-28(15-21-36)11-12-29-13-17-31-24-32-22-27(2)8-16-30(32)25-33(31)23-29/h3-25H,1-2H3/b12-11+. The molecular formula is C36H29N. The third-order valence-electron chi connectivity index (χ3n) is 6.90. The number of anilines is 3. The van der Waals surface area contributed by atoms with E-state index in [0.717, 1.165) is 17.1 Å². The third-order valence-corrected chi connectivity index (χ3v) is 6.90. The molecular weight excluding hydrogens is 446 g/mol. The van der Waals surface area contributed by atoms with Gasteiger partial charge in [-0.2, -0.15) is 0 Å². The van der Waals surface area contributed by atoms with Crippen LogP contribution in [0.4, 0.5) is 17.1 Å². The van der Waals surface area contributed by atoms with Crippen LogP contribution in [-0.4, -0.2) is 0 Å². The van der Waals surface area contributed by atoms with E-state index in [4.69, 9.17) is 0 Å². The molecule has 0 aliphatic rings. The molecule has 0 spiro atoms. The van der Waals surface area contributed by atoms with Crippen LogP contribution in [0.15, 0.2) is 127 Å². The van der Waals surface area contributed by atoms with E-state index in [9.17, 15) is 0 Å². The first-order chi connectivity index (χ1) is 18.1. The van der Waals surface area contributed by atoms with Crippen LogP contribution in [0, 0.1) is 13.8 Å². The molecule has 0 aliphatic heterocycles. The molecule has 0 unspecified atom stereocenters. The van der Waals surface area contributed by atoms with E-state index in [2.05, 4.69) is 158 Å². The lowest BCUT2D eigenvalue weighted by molar-refractivity contribution is 1.27. The zero-order chi connectivity index (χ0) is 25.2. The summed E-state index contributed by atoms with van der Waals surface area (Å²) in [5.74, 6) is 0. The molecule has 0 fully saturated rings. The molecule has 0 amide bonds. The number of rotatable bonds is 5. The van der Waals surface area contributed by atoms with Crippen molar-refractivity contribution in [1.82, 2.24) is 0 Å². The van der Waals surface area contributed by atoms with Crippen molar-refractivity contribution in [2.75, 3.05) is 4.90 Å². The summed E-state index contributed by atoms with van der Waals surface area (Å²) in [6, 6.07) is 45.9. The van der Waals surface area contributed by atoms with E-state index in [0.29, 0.717) is 0 Å². The monoisotopic (exact) mass is 475 g/mol. The molecule has 0 saturated heterocycles. The Bertz CT molecular complexity index is 1710. The second-order valence-electron chi connectivity index (χ2n) is 9.74. The fraction of sp³-hybridized carbons (Fsp3) is 0.0556. The molecule has 0 atom stereocenters. The lowest BCUT2D eigenvalue weighted by Gasteiger charge is -2.25. The highest BCUT2D eigenvalue weighted by atomic mass is 15.1. The van der Waals surface area contributed by atoms with Crippen LogP contribution in [0.5, 0.6) is 0 Å². The fourth-order valence-electron chi connectivity index (χ4n) is 4.88. The maximum Gasteiger partial charge on any atom is 0.0462 e. The number of hydrogen-bond acceptors (Lipinski definition) is 1. The molecule has 37 heavy (non-hydrogen) atoms. The fourth-order valence-corrected chi connectivity index (χ4v) is 4.88. The molecule has 0 saturated carbocycles. The van der Waals surface area contributed by atoms with Crippen LogP contribution < -0.4 is 4.90 Å². The van der Waals surface area contributed by atoms with Crippen LogP contribution >= 0.6 is 0 Å². The van der Waals surface area contributed by atoms with Crippen LogP contribution in [0.3, 0.4) is 0 Å². The summed E-state index contributed by atoms with van der Waals surface area (Å²) in [7, 11) is 0. The van der Waals surface area contributed by atoms with Gasteiger partial charge in [0.15, 0.2) is 0 Å². The predicted octanol–water partition coefficient (Wildman–Crippen LogP) is 10.3. The van der Waals surface area contributed by atoms with Gasteiger partial charge in [0.05, 0.1) is 0 Å². The maximum absolute atomic E-state index is 2.29. The molecule has 0 heterocycles. The molecule has 0 radical (unpaired) electrons. The van der Waals surface area contributed by atoms with Gasteiger partial charge in [-0.1, -0.05) is 96.1 Å². The molecule has 1 nitrogen and oxygen atoms in total. The first kappa shape index (κ1) is 22.8. The second kappa shape index (κ2) is 9.79. The summed E-state index contributed by atoms with van der Waals surface area (Å²) in [5.41, 5.74) is 8.37. The van der Waals surface area contributed by atoms with Gasteiger partial charge in [-0.3, -0.25) is 0 Å². The average molecular weight is 476 g/mol. The van der Waals surface area contributed by atoms with Gasteiger partial charge in [0.1, 0.15) is 0 Å². The molecule has 0 bridgehead atoms. The summed E-state index contributed by atoms with van der Waals surface area (Å²) < 4.78 is 0. The van der Waals surface area contributed by atoms with E-state index in [1.54, 1.807) is 0 Å². The molecule has 178 valence electrons. The Balaban J connectivity index is 1.28. The van der Waals surface area contributed by atoms with Crippen molar-refractivity contribution < 1.29 is 0 Å². The average Bonchev–Trinajstić information content (AvgIpc) is 2.93. The Morgan fingerprint density at radius 1 is 0.405 bits per heavy atom. The van der Waals surface area contributed by atoms with Crippen LogP contribution in [-0.2, 0) is 0 Å². The van der Waals surface area contributed by atoms with Gasteiger partial charge in [0, 0.05) is 17.1 Å². The molecule has 6 aromatic carbocycles. The Morgan fingerprint density at radius 2 is 0.919 bits per heavy atom. The largest absolute Gasteiger partial charge is 0.311 e. The minimum atomic E-state index is 1.14. The van der Waals surface area contributed by atoms with Crippen molar-refractivity contribution >= 4 is 50.8 Å². The van der Waals surface area contributed by atoms with E-state index in [1.165, 1.54) is 43.8 Å². The number of hydrogen-bond donors (Lipinski definition) is 0. The first-order valence-electron chi connectivity index (χ1n) is 12.8. The SMILES string of the molecule is Cc1ccc(N(c2ccccc2)c2ccc(/C=C/c3ccc4cc5cc(C)ccc5cc4c3)cc2)cc1. The van der Waals surface area contributed by atoms with Gasteiger partial charge >= 0.3 is 0 Å². The van der Waals surface area contributed by atoms with Crippen molar-refractivity contribution in [2.45, 2.75) is 13.8 Å². The normalized spacial score (nSPS) is 11.4. The van der Waals surface area contributed by atoms with Gasteiger partial charge in [-0.05, 0) is 101 Å². The maximum atomic E-state index is 2.29. The van der Waals surface area contributed by atoms with Crippen molar-refractivity contribution in [3.63, 3.8) is 0 Å². The number of fused-ring (bicyclic) bond motifs is 2. The molecule has 6 rings (SSSR count). The lowest BCUT2D eigenvalue weighted by atomic mass is 10.00. The highest BCUT2D eigenvalue weighted by molar-refractivity contribution is 5.99. The number of aryl methyl sites for hydroxylation is 2. The van der Waals surface area contributed by atoms with E-state index in [-0.39, 0.29) is 0 Å². The summed E-state index contributed by atoms with van der Waals surface area (Å²) >= 11 is 0. The topological polar surface area (TPSA) is 3.24 Å². The second-order valence-corrected chi connectivity index (χ2v) is 9.74. The van der Waals surface area contributed by atoms with Gasteiger partial charge in [-0.15, -0.1) is 0 Å². The molecule has 0 aliphatic carbocycles. The highest BCUT2D eigenvalue weighted by Gasteiger charge is 2.11. The van der Waals surface area contributed by atoms with Crippen molar-refractivity contribution in [3.8, 4) is 0 Å². The zero-order valence-electron chi connectivity index (χ0n) is 21.2. The van der Waals surface area contributed by atoms with Crippen LogP contribution in [0.1, 0.15) is 22.3 Å². The predicted molar refractivity (Wildman–Crippen MR) is 161 cm³/mol. The zero-order valence-corrected chi connectivity index (χ0v) is 21.2. The van der Waals surface area contributed by atoms with Crippen molar-refractivity contribution in [2.24, 2.45) is 0 Å². The smallest absolute Gasteiger partial charge is 0.0462 e. The minimum Gasteiger partial charge on any atom is -0.311 e. The van der Waals surface area contributed by atoms with Crippen LogP contribution in [0.2, 0.25) is 0 Å². The number of para-hydroxylation sites is 1. The van der Waals surface area contributed by atoms with E-state index in [1.807, 2.05) is 0 Å². The van der Waals surface area contributed by atoms with Gasteiger partial charge < -0.3 is 4.90 Å².